The van der Waals surface area contributed by atoms with E-state index in [9.17, 15) is 13.2 Å². The first-order valence-corrected chi connectivity index (χ1v) is 2.99. The van der Waals surface area contributed by atoms with Gasteiger partial charge in [-0.1, -0.05) is 30.3 Å². The highest BCUT2D eigenvalue weighted by Gasteiger charge is 2.29. The van der Waals surface area contributed by atoms with Crippen molar-refractivity contribution in [2.45, 2.75) is 6.18 Å². The molecule has 0 saturated heterocycles. The summed E-state index contributed by atoms with van der Waals surface area (Å²) < 4.78 is 35.4. The molecule has 6 heteroatoms. The van der Waals surface area contributed by atoms with Crippen LogP contribution in [0, 0.1) is 11.8 Å². The van der Waals surface area contributed by atoms with Gasteiger partial charge < -0.3 is 0 Å². The molecule has 0 amide bonds. The lowest BCUT2D eigenvalue weighted by Gasteiger charge is -2.03. The summed E-state index contributed by atoms with van der Waals surface area (Å²) in [4.78, 5) is 0. The van der Waals surface area contributed by atoms with Crippen LogP contribution < -0.4 is 0 Å². The molecule has 0 aliphatic rings. The average molecular weight is 246 g/mol. The third kappa shape index (κ3) is 6.58. The topological polar surface area (TPSA) is 23.8 Å². The summed E-state index contributed by atoms with van der Waals surface area (Å²) in [6.45, 7) is 3.50. The SMILES string of the molecule is C#N.Cl.Cl.FC(F)(F)c1ccccc1. The summed E-state index contributed by atoms with van der Waals surface area (Å²) in [6.07, 6.45) is -4.21. The Bertz CT molecular complexity index is 246. The van der Waals surface area contributed by atoms with Crippen LogP contribution in [-0.4, -0.2) is 0 Å². The summed E-state index contributed by atoms with van der Waals surface area (Å²) in [5, 5.41) is 6.50. The fraction of sp³-hybridized carbons (Fsp3) is 0.125. The van der Waals surface area contributed by atoms with Crippen molar-refractivity contribution in [2.24, 2.45) is 0 Å². The molecule has 0 atom stereocenters. The zero-order valence-corrected chi connectivity index (χ0v) is 8.49. The van der Waals surface area contributed by atoms with Gasteiger partial charge in [0.2, 0.25) is 0 Å². The van der Waals surface area contributed by atoms with Gasteiger partial charge in [0.25, 0.3) is 0 Å². The molecule has 0 bridgehead atoms. The standard InChI is InChI=1S/C7H5F3.CHN.2ClH/c8-7(9,10)6-4-2-1-3-5-6;1-2;;/h1-5H;1H;2*1H. The fourth-order valence-electron chi connectivity index (χ4n) is 0.627. The summed E-state index contributed by atoms with van der Waals surface area (Å²) >= 11 is 0. The quantitative estimate of drug-likeness (QED) is 0.684. The Balaban J connectivity index is -0.000000284. The Morgan fingerprint density at radius 3 is 1.50 bits per heavy atom. The van der Waals surface area contributed by atoms with E-state index >= 15 is 0 Å². The molecule has 0 heterocycles. The van der Waals surface area contributed by atoms with Crippen LogP contribution in [0.5, 0.6) is 0 Å². The lowest BCUT2D eigenvalue weighted by Crippen LogP contribution is -2.03. The van der Waals surface area contributed by atoms with Crippen molar-refractivity contribution in [2.75, 3.05) is 0 Å². The molecule has 0 aromatic heterocycles. The van der Waals surface area contributed by atoms with Gasteiger partial charge in [0.1, 0.15) is 0 Å². The molecule has 0 saturated carbocycles. The van der Waals surface area contributed by atoms with Crippen molar-refractivity contribution in [1.82, 2.24) is 0 Å². The molecule has 1 nitrogen and oxygen atoms in total. The van der Waals surface area contributed by atoms with Gasteiger partial charge >= 0.3 is 6.18 Å². The smallest absolute Gasteiger partial charge is 0.202 e. The van der Waals surface area contributed by atoms with Gasteiger partial charge in [0, 0.05) is 6.57 Å². The summed E-state index contributed by atoms with van der Waals surface area (Å²) in [5.41, 5.74) is -0.602. The zero-order valence-electron chi connectivity index (χ0n) is 6.86. The third-order valence-electron chi connectivity index (χ3n) is 1.10. The highest BCUT2D eigenvalue weighted by Crippen LogP contribution is 2.28. The number of nitriles is 1. The van der Waals surface area contributed by atoms with Gasteiger partial charge in [-0.2, -0.15) is 13.2 Å². The van der Waals surface area contributed by atoms with Crippen LogP contribution in [0.25, 0.3) is 0 Å². The lowest BCUT2D eigenvalue weighted by atomic mass is 10.2. The normalized spacial score (nSPS) is 8.36. The van der Waals surface area contributed by atoms with Crippen LogP contribution >= 0.6 is 24.8 Å². The van der Waals surface area contributed by atoms with Gasteiger partial charge in [-0.25, -0.2) is 5.26 Å². The second-order valence-corrected chi connectivity index (χ2v) is 1.86. The number of alkyl halides is 3. The van der Waals surface area contributed by atoms with E-state index < -0.39 is 11.7 Å². The van der Waals surface area contributed by atoms with Crippen LogP contribution in [-0.2, 0) is 6.18 Å². The summed E-state index contributed by atoms with van der Waals surface area (Å²) in [7, 11) is 0. The molecule has 0 aliphatic heterocycles. The van der Waals surface area contributed by atoms with Gasteiger partial charge in [-0.15, -0.1) is 24.8 Å². The van der Waals surface area contributed by atoms with Gasteiger partial charge in [-0.05, 0) is 0 Å². The highest BCUT2D eigenvalue weighted by atomic mass is 35.5. The number of rotatable bonds is 0. The van der Waals surface area contributed by atoms with Gasteiger partial charge in [0.05, 0.1) is 5.56 Å². The molecule has 14 heavy (non-hydrogen) atoms. The first kappa shape index (κ1) is 18.8. The van der Waals surface area contributed by atoms with Crippen molar-refractivity contribution in [3.63, 3.8) is 0 Å². The minimum atomic E-state index is -4.21. The van der Waals surface area contributed by atoms with Crippen molar-refractivity contribution in [3.8, 4) is 6.57 Å². The molecular weight excluding hydrogens is 238 g/mol. The molecular formula is C8H8Cl2F3N. The molecule has 0 spiro atoms. The van der Waals surface area contributed by atoms with E-state index in [1.165, 1.54) is 12.1 Å². The molecule has 0 radical (unpaired) electrons. The van der Waals surface area contributed by atoms with Crippen molar-refractivity contribution < 1.29 is 13.2 Å². The fourth-order valence-corrected chi connectivity index (χ4v) is 0.627. The van der Waals surface area contributed by atoms with E-state index in [-0.39, 0.29) is 24.8 Å². The predicted octanol–water partition coefficient (Wildman–Crippen LogP) is 3.69. The third-order valence-corrected chi connectivity index (χ3v) is 1.10. The Morgan fingerprint density at radius 2 is 1.29 bits per heavy atom. The Labute approximate surface area is 92.4 Å². The predicted molar refractivity (Wildman–Crippen MR) is 52.6 cm³/mol. The lowest BCUT2D eigenvalue weighted by molar-refractivity contribution is -0.137. The Morgan fingerprint density at radius 1 is 0.929 bits per heavy atom. The maximum atomic E-state index is 11.8. The summed E-state index contributed by atoms with van der Waals surface area (Å²) in [6, 6.07) is 6.36. The van der Waals surface area contributed by atoms with E-state index in [0.29, 0.717) is 0 Å². The van der Waals surface area contributed by atoms with Crippen molar-refractivity contribution in [1.29, 1.82) is 5.26 Å². The Hall–Kier alpha value is -0.920. The highest BCUT2D eigenvalue weighted by molar-refractivity contribution is 5.85. The number of benzene rings is 1. The number of hydrogen-bond acceptors (Lipinski definition) is 1. The van der Waals surface area contributed by atoms with Crippen LogP contribution in [0.4, 0.5) is 13.2 Å². The number of hydrogen-bond donors (Lipinski definition) is 0. The van der Waals surface area contributed by atoms with Gasteiger partial charge in [0.15, 0.2) is 0 Å². The molecule has 0 unspecified atom stereocenters. The molecule has 1 aromatic rings. The molecule has 1 rings (SSSR count). The van der Waals surface area contributed by atoms with Gasteiger partial charge in [-0.3, -0.25) is 0 Å². The number of nitrogens with zero attached hydrogens (tertiary/aromatic N) is 1. The molecule has 0 fully saturated rings. The van der Waals surface area contributed by atoms with Crippen molar-refractivity contribution >= 4 is 24.8 Å². The second-order valence-electron chi connectivity index (χ2n) is 1.86. The van der Waals surface area contributed by atoms with Crippen LogP contribution in [0.2, 0.25) is 0 Å². The molecule has 0 aliphatic carbocycles. The summed E-state index contributed by atoms with van der Waals surface area (Å²) in [5.74, 6) is 0. The second kappa shape index (κ2) is 8.67. The molecule has 0 N–H and O–H groups in total. The van der Waals surface area contributed by atoms with E-state index in [1.807, 2.05) is 0 Å². The zero-order chi connectivity index (χ0) is 9.61. The first-order valence-electron chi connectivity index (χ1n) is 2.99. The average Bonchev–Trinajstić information content (AvgIpc) is 2.08. The maximum Gasteiger partial charge on any atom is 0.416 e. The Kier molecular flexibility index (Phi) is 11.6. The maximum absolute atomic E-state index is 11.8. The largest absolute Gasteiger partial charge is 0.416 e. The van der Waals surface area contributed by atoms with Crippen LogP contribution in [0.3, 0.4) is 0 Å². The van der Waals surface area contributed by atoms with Crippen LogP contribution in [0.1, 0.15) is 5.56 Å². The van der Waals surface area contributed by atoms with Crippen LogP contribution in [0.15, 0.2) is 30.3 Å². The van der Waals surface area contributed by atoms with E-state index in [4.69, 9.17) is 5.26 Å². The monoisotopic (exact) mass is 245 g/mol. The molecule has 1 aromatic carbocycles. The van der Waals surface area contributed by atoms with Crippen molar-refractivity contribution in [3.05, 3.63) is 35.9 Å². The minimum absolute atomic E-state index is 0. The number of halogens is 5. The minimum Gasteiger partial charge on any atom is -0.202 e. The van der Waals surface area contributed by atoms with E-state index in [0.717, 1.165) is 12.1 Å². The first-order chi connectivity index (χ1) is 5.61. The van der Waals surface area contributed by atoms with E-state index in [1.54, 1.807) is 6.07 Å². The molecule has 80 valence electrons. The van der Waals surface area contributed by atoms with E-state index in [2.05, 4.69) is 6.57 Å².